The van der Waals surface area contributed by atoms with Crippen molar-refractivity contribution in [1.29, 1.82) is 5.26 Å². The standard InChI is InChI=1S/C25H24N8O2/c1-3-10-32-21-22(29-24(32)31-11-6-8-18(27)14-31)30(2)25(35)33(23(21)34)15-20-17(13-26)12-16-7-4-5-9-19(16)28-20/h4-5,7,9,12,18H,6,8,11,14-15,27H2,1-2H3/t18-/m1/s1. The first-order valence-corrected chi connectivity index (χ1v) is 11.4. The van der Waals surface area contributed by atoms with E-state index in [0.717, 1.165) is 29.3 Å². The van der Waals surface area contributed by atoms with Crippen LogP contribution in [0.25, 0.3) is 22.1 Å². The van der Waals surface area contributed by atoms with Gasteiger partial charge >= 0.3 is 5.69 Å². The molecule has 3 aromatic heterocycles. The molecule has 1 aromatic carbocycles. The number of fused-ring (bicyclic) bond motifs is 2. The van der Waals surface area contributed by atoms with Crippen molar-refractivity contribution >= 4 is 28.0 Å². The summed E-state index contributed by atoms with van der Waals surface area (Å²) in [6.45, 7) is 2.85. The maximum absolute atomic E-state index is 13.7. The molecule has 5 rings (SSSR count). The minimum absolute atomic E-state index is 0.00421. The second-order valence-electron chi connectivity index (χ2n) is 8.65. The van der Waals surface area contributed by atoms with Crippen molar-refractivity contribution in [2.24, 2.45) is 12.8 Å². The molecule has 10 heteroatoms. The molecule has 1 aliphatic heterocycles. The predicted molar refractivity (Wildman–Crippen MR) is 133 cm³/mol. The fraction of sp³-hybridized carbons (Fsp3) is 0.320. The van der Waals surface area contributed by atoms with Gasteiger partial charge in [-0.05, 0) is 31.9 Å². The highest BCUT2D eigenvalue weighted by molar-refractivity contribution is 5.80. The second-order valence-corrected chi connectivity index (χ2v) is 8.65. The summed E-state index contributed by atoms with van der Waals surface area (Å²) in [7, 11) is 1.57. The highest BCUT2D eigenvalue weighted by Crippen LogP contribution is 2.22. The van der Waals surface area contributed by atoms with E-state index in [2.05, 4.69) is 28.0 Å². The molecule has 2 N–H and O–H groups in total. The molecule has 0 spiro atoms. The number of hydrogen-bond donors (Lipinski definition) is 1. The summed E-state index contributed by atoms with van der Waals surface area (Å²) in [5.74, 6) is 3.34. The molecule has 0 aliphatic carbocycles. The van der Waals surface area contributed by atoms with E-state index in [1.165, 1.54) is 4.57 Å². The second kappa shape index (κ2) is 8.75. The van der Waals surface area contributed by atoms with E-state index in [9.17, 15) is 14.9 Å². The Kier molecular flexibility index (Phi) is 5.59. The molecule has 10 nitrogen and oxygen atoms in total. The third kappa shape index (κ3) is 3.74. The summed E-state index contributed by atoms with van der Waals surface area (Å²) in [6, 6.07) is 14.2. The Morgan fingerprint density at radius 2 is 2.03 bits per heavy atom. The summed E-state index contributed by atoms with van der Waals surface area (Å²) in [5, 5.41) is 10.5. The molecule has 176 valence electrons. The number of hydrogen-bond acceptors (Lipinski definition) is 7. The monoisotopic (exact) mass is 468 g/mol. The van der Waals surface area contributed by atoms with E-state index in [4.69, 9.17) is 5.73 Å². The van der Waals surface area contributed by atoms with Crippen LogP contribution in [0.2, 0.25) is 0 Å². The minimum atomic E-state index is -0.544. The number of rotatable bonds is 3. The van der Waals surface area contributed by atoms with Gasteiger partial charge < -0.3 is 10.6 Å². The van der Waals surface area contributed by atoms with Crippen molar-refractivity contribution in [3.05, 3.63) is 62.4 Å². The van der Waals surface area contributed by atoms with Gasteiger partial charge in [0.2, 0.25) is 5.95 Å². The highest BCUT2D eigenvalue weighted by Gasteiger charge is 2.26. The van der Waals surface area contributed by atoms with E-state index in [1.807, 2.05) is 29.2 Å². The maximum atomic E-state index is 13.7. The summed E-state index contributed by atoms with van der Waals surface area (Å²) in [4.78, 5) is 38.2. The van der Waals surface area contributed by atoms with Gasteiger partial charge in [-0.1, -0.05) is 24.1 Å². The van der Waals surface area contributed by atoms with Gasteiger partial charge in [-0.3, -0.25) is 13.9 Å². The van der Waals surface area contributed by atoms with Gasteiger partial charge in [0.1, 0.15) is 6.07 Å². The number of piperidine rings is 1. The Balaban J connectivity index is 1.72. The Hall–Kier alpha value is -4.41. The van der Waals surface area contributed by atoms with E-state index in [-0.39, 0.29) is 23.8 Å². The topological polar surface area (TPSA) is 128 Å². The zero-order valence-electron chi connectivity index (χ0n) is 19.5. The fourth-order valence-electron chi connectivity index (χ4n) is 4.59. The van der Waals surface area contributed by atoms with E-state index >= 15 is 0 Å². The van der Waals surface area contributed by atoms with Crippen molar-refractivity contribution in [3.63, 3.8) is 0 Å². The highest BCUT2D eigenvalue weighted by atomic mass is 16.2. The molecular weight excluding hydrogens is 444 g/mol. The molecule has 0 bridgehead atoms. The van der Waals surface area contributed by atoms with Crippen molar-refractivity contribution in [2.75, 3.05) is 18.0 Å². The molecule has 35 heavy (non-hydrogen) atoms. The average molecular weight is 469 g/mol. The van der Waals surface area contributed by atoms with Gasteiger partial charge in [-0.25, -0.2) is 14.3 Å². The third-order valence-corrected chi connectivity index (χ3v) is 6.32. The van der Waals surface area contributed by atoms with Gasteiger partial charge in [-0.2, -0.15) is 10.2 Å². The number of para-hydroxylation sites is 1. The van der Waals surface area contributed by atoms with Crippen LogP contribution >= 0.6 is 0 Å². The summed E-state index contributed by atoms with van der Waals surface area (Å²) >= 11 is 0. The molecule has 1 fully saturated rings. The Morgan fingerprint density at radius 3 is 2.77 bits per heavy atom. The van der Waals surface area contributed by atoms with Crippen LogP contribution in [-0.4, -0.2) is 42.8 Å². The minimum Gasteiger partial charge on any atom is -0.340 e. The molecule has 1 atom stereocenters. The lowest BCUT2D eigenvalue weighted by Crippen LogP contribution is -2.43. The number of imidazole rings is 1. The molecule has 0 radical (unpaired) electrons. The molecule has 1 saturated heterocycles. The summed E-state index contributed by atoms with van der Waals surface area (Å²) in [5.41, 5.74) is 6.88. The van der Waals surface area contributed by atoms with Crippen LogP contribution in [0.3, 0.4) is 0 Å². The largest absolute Gasteiger partial charge is 0.340 e. The van der Waals surface area contributed by atoms with Gasteiger partial charge in [0, 0.05) is 37.6 Å². The number of nitrogens with two attached hydrogens (primary N) is 1. The van der Waals surface area contributed by atoms with Crippen LogP contribution in [0.5, 0.6) is 0 Å². The number of aryl methyl sites for hydroxylation is 1. The number of benzene rings is 1. The van der Waals surface area contributed by atoms with Crippen LogP contribution in [-0.2, 0) is 13.6 Å². The van der Waals surface area contributed by atoms with Crippen molar-refractivity contribution < 1.29 is 0 Å². The predicted octanol–water partition coefficient (Wildman–Crippen LogP) is 1.12. The van der Waals surface area contributed by atoms with Crippen molar-refractivity contribution in [1.82, 2.24) is 23.7 Å². The number of nitrogens with zero attached hydrogens (tertiary/aromatic N) is 7. The third-order valence-electron chi connectivity index (χ3n) is 6.32. The molecular formula is C25H24N8O2. The van der Waals surface area contributed by atoms with E-state index in [1.54, 1.807) is 24.6 Å². The van der Waals surface area contributed by atoms with Gasteiger partial charge in [0.05, 0.1) is 23.3 Å². The van der Waals surface area contributed by atoms with Gasteiger partial charge in [0.25, 0.3) is 5.56 Å². The molecule has 1 aliphatic rings. The Bertz CT molecular complexity index is 1690. The molecule has 4 heterocycles. The molecule has 0 saturated carbocycles. The Morgan fingerprint density at radius 1 is 1.23 bits per heavy atom. The van der Waals surface area contributed by atoms with Crippen LogP contribution in [0.1, 0.15) is 31.0 Å². The first kappa shape index (κ1) is 22.4. The van der Waals surface area contributed by atoms with E-state index < -0.39 is 11.2 Å². The molecule has 0 amide bonds. The van der Waals surface area contributed by atoms with Crippen molar-refractivity contribution in [3.8, 4) is 18.0 Å². The Labute approximate surface area is 200 Å². The average Bonchev–Trinajstić information content (AvgIpc) is 3.24. The van der Waals surface area contributed by atoms with Gasteiger partial charge in [-0.15, -0.1) is 0 Å². The fourth-order valence-corrected chi connectivity index (χ4v) is 4.59. The summed E-state index contributed by atoms with van der Waals surface area (Å²) in [6.07, 6.45) is 1.82. The normalized spacial score (nSPS) is 15.7. The number of nitriles is 1. The molecule has 0 unspecified atom stereocenters. The lowest BCUT2D eigenvalue weighted by molar-refractivity contribution is 0.499. The lowest BCUT2D eigenvalue weighted by Gasteiger charge is -2.31. The quantitative estimate of drug-likeness (QED) is 0.446. The molecule has 4 aromatic rings. The van der Waals surface area contributed by atoms with Crippen molar-refractivity contribution in [2.45, 2.75) is 32.4 Å². The number of anilines is 1. The number of aromatic nitrogens is 5. The van der Waals surface area contributed by atoms with Crippen LogP contribution in [0.4, 0.5) is 5.95 Å². The first-order chi connectivity index (χ1) is 16.9. The maximum Gasteiger partial charge on any atom is 0.332 e. The summed E-state index contributed by atoms with van der Waals surface area (Å²) < 4.78 is 3.97. The first-order valence-electron chi connectivity index (χ1n) is 11.4. The lowest BCUT2D eigenvalue weighted by atomic mass is 10.1. The smallest absolute Gasteiger partial charge is 0.332 e. The van der Waals surface area contributed by atoms with Gasteiger partial charge in [0.15, 0.2) is 11.2 Å². The SMILES string of the molecule is CC#Cn1c(N2CCC[C@@H](N)C2)nc2c1c(=O)n(Cc1nc3ccccc3cc1C#N)c(=O)n2C. The van der Waals surface area contributed by atoms with Crippen LogP contribution < -0.4 is 21.9 Å². The zero-order valence-corrected chi connectivity index (χ0v) is 19.5. The van der Waals surface area contributed by atoms with E-state index in [0.29, 0.717) is 29.3 Å². The van der Waals surface area contributed by atoms with Crippen LogP contribution in [0.15, 0.2) is 39.9 Å². The zero-order chi connectivity index (χ0) is 24.7. The number of pyridine rings is 1. The van der Waals surface area contributed by atoms with Crippen LogP contribution in [0, 0.1) is 23.3 Å².